The summed E-state index contributed by atoms with van der Waals surface area (Å²) < 4.78 is 0. The largest absolute Gasteiger partial charge is 0.298 e. The lowest BCUT2D eigenvalue weighted by Gasteiger charge is -2.29. The summed E-state index contributed by atoms with van der Waals surface area (Å²) in [5.74, 6) is 0.623. The van der Waals surface area contributed by atoms with E-state index in [1.165, 1.54) is 19.4 Å². The monoisotopic (exact) mass is 180 g/mol. The fourth-order valence-corrected chi connectivity index (χ4v) is 2.51. The van der Waals surface area contributed by atoms with Gasteiger partial charge in [0.15, 0.2) is 0 Å². The molecule has 74 valence electrons. The van der Waals surface area contributed by atoms with Gasteiger partial charge in [0.05, 0.1) is 6.07 Å². The highest BCUT2D eigenvalue weighted by Crippen LogP contribution is 2.30. The average Bonchev–Trinajstić information content (AvgIpc) is 2.48. The van der Waals surface area contributed by atoms with Crippen LogP contribution in [-0.4, -0.2) is 23.5 Å². The van der Waals surface area contributed by atoms with Gasteiger partial charge in [-0.2, -0.15) is 5.26 Å². The standard InChI is InChI=1S/C11H20N2/c1-4-11-10(5-7-12)6-8-13(11)9(2)3/h9-11H,4-6,8H2,1-3H3. The second-order valence-corrected chi connectivity index (χ2v) is 4.22. The van der Waals surface area contributed by atoms with Crippen LogP contribution in [0.4, 0.5) is 0 Å². The predicted molar refractivity (Wildman–Crippen MR) is 54.3 cm³/mol. The molecular weight excluding hydrogens is 160 g/mol. The van der Waals surface area contributed by atoms with Gasteiger partial charge in [-0.05, 0) is 39.2 Å². The molecule has 0 amide bonds. The highest BCUT2D eigenvalue weighted by atomic mass is 15.2. The summed E-state index contributed by atoms with van der Waals surface area (Å²) in [6.07, 6.45) is 3.14. The Bertz CT molecular complexity index is 193. The summed E-state index contributed by atoms with van der Waals surface area (Å²) in [5.41, 5.74) is 0. The minimum absolute atomic E-state index is 0.623. The minimum Gasteiger partial charge on any atom is -0.298 e. The van der Waals surface area contributed by atoms with Crippen molar-refractivity contribution in [2.24, 2.45) is 5.92 Å². The van der Waals surface area contributed by atoms with Gasteiger partial charge in [0.1, 0.15) is 0 Å². The van der Waals surface area contributed by atoms with Gasteiger partial charge in [-0.3, -0.25) is 4.90 Å². The van der Waals surface area contributed by atoms with E-state index in [4.69, 9.17) is 5.26 Å². The van der Waals surface area contributed by atoms with Crippen LogP contribution in [0.15, 0.2) is 0 Å². The Labute approximate surface area is 81.5 Å². The van der Waals surface area contributed by atoms with E-state index in [-0.39, 0.29) is 0 Å². The van der Waals surface area contributed by atoms with Crippen molar-refractivity contribution in [2.75, 3.05) is 6.54 Å². The van der Waals surface area contributed by atoms with Gasteiger partial charge >= 0.3 is 0 Å². The van der Waals surface area contributed by atoms with Crippen LogP contribution in [0.3, 0.4) is 0 Å². The van der Waals surface area contributed by atoms with Crippen molar-refractivity contribution in [3.63, 3.8) is 0 Å². The first-order valence-electron chi connectivity index (χ1n) is 5.33. The summed E-state index contributed by atoms with van der Waals surface area (Å²) in [6, 6.07) is 3.59. The van der Waals surface area contributed by atoms with E-state index in [0.29, 0.717) is 18.0 Å². The lowest BCUT2D eigenvalue weighted by atomic mass is 9.95. The molecule has 0 radical (unpaired) electrons. The lowest BCUT2D eigenvalue weighted by Crippen LogP contribution is -2.37. The quantitative estimate of drug-likeness (QED) is 0.667. The first-order chi connectivity index (χ1) is 6.20. The maximum absolute atomic E-state index is 8.70. The molecular formula is C11H20N2. The zero-order chi connectivity index (χ0) is 9.84. The molecule has 0 aromatic carbocycles. The van der Waals surface area contributed by atoms with Gasteiger partial charge in [-0.1, -0.05) is 6.92 Å². The molecule has 2 unspecified atom stereocenters. The van der Waals surface area contributed by atoms with Crippen LogP contribution in [0.2, 0.25) is 0 Å². The maximum Gasteiger partial charge on any atom is 0.0625 e. The average molecular weight is 180 g/mol. The Morgan fingerprint density at radius 2 is 2.23 bits per heavy atom. The van der Waals surface area contributed by atoms with Gasteiger partial charge in [0.2, 0.25) is 0 Å². The lowest BCUT2D eigenvalue weighted by molar-refractivity contribution is 0.178. The van der Waals surface area contributed by atoms with Crippen LogP contribution in [-0.2, 0) is 0 Å². The molecule has 2 atom stereocenters. The van der Waals surface area contributed by atoms with Gasteiger partial charge in [-0.25, -0.2) is 0 Å². The molecule has 0 aromatic rings. The van der Waals surface area contributed by atoms with Crippen molar-refractivity contribution in [1.29, 1.82) is 5.26 Å². The van der Waals surface area contributed by atoms with E-state index < -0.39 is 0 Å². The van der Waals surface area contributed by atoms with E-state index in [9.17, 15) is 0 Å². The molecule has 1 rings (SSSR count). The van der Waals surface area contributed by atoms with Crippen molar-refractivity contribution in [2.45, 2.75) is 52.1 Å². The Balaban J connectivity index is 2.58. The highest BCUT2D eigenvalue weighted by Gasteiger charge is 2.33. The van der Waals surface area contributed by atoms with E-state index in [1.54, 1.807) is 0 Å². The van der Waals surface area contributed by atoms with Crippen molar-refractivity contribution in [1.82, 2.24) is 4.90 Å². The number of rotatable bonds is 3. The molecule has 0 saturated carbocycles. The first kappa shape index (κ1) is 10.5. The van der Waals surface area contributed by atoms with Gasteiger partial charge in [0, 0.05) is 18.5 Å². The zero-order valence-electron chi connectivity index (χ0n) is 8.95. The SMILES string of the molecule is CCC1C(CC#N)CCN1C(C)C. The Hall–Kier alpha value is -0.550. The summed E-state index contributed by atoms with van der Waals surface area (Å²) >= 11 is 0. The van der Waals surface area contributed by atoms with Gasteiger partial charge in [-0.15, -0.1) is 0 Å². The number of hydrogen-bond acceptors (Lipinski definition) is 2. The van der Waals surface area contributed by atoms with Crippen molar-refractivity contribution >= 4 is 0 Å². The smallest absolute Gasteiger partial charge is 0.0625 e. The van der Waals surface area contributed by atoms with E-state index in [2.05, 4.69) is 31.7 Å². The van der Waals surface area contributed by atoms with Crippen LogP contribution < -0.4 is 0 Å². The third-order valence-corrected chi connectivity index (χ3v) is 3.16. The Morgan fingerprint density at radius 1 is 1.54 bits per heavy atom. The molecule has 0 aliphatic carbocycles. The first-order valence-corrected chi connectivity index (χ1v) is 5.33. The number of likely N-dealkylation sites (tertiary alicyclic amines) is 1. The Morgan fingerprint density at radius 3 is 2.69 bits per heavy atom. The maximum atomic E-state index is 8.70. The topological polar surface area (TPSA) is 27.0 Å². The van der Waals surface area contributed by atoms with Crippen LogP contribution in [0.1, 0.15) is 40.0 Å². The van der Waals surface area contributed by atoms with E-state index >= 15 is 0 Å². The molecule has 2 nitrogen and oxygen atoms in total. The van der Waals surface area contributed by atoms with E-state index in [1.807, 2.05) is 0 Å². The molecule has 1 aliphatic heterocycles. The molecule has 2 heteroatoms. The summed E-state index contributed by atoms with van der Waals surface area (Å²) in [7, 11) is 0. The summed E-state index contributed by atoms with van der Waals surface area (Å²) in [4.78, 5) is 2.54. The fourth-order valence-electron chi connectivity index (χ4n) is 2.51. The van der Waals surface area contributed by atoms with E-state index in [0.717, 1.165) is 6.42 Å². The molecule has 13 heavy (non-hydrogen) atoms. The Kier molecular flexibility index (Phi) is 3.74. The zero-order valence-corrected chi connectivity index (χ0v) is 8.95. The number of hydrogen-bond donors (Lipinski definition) is 0. The van der Waals surface area contributed by atoms with Crippen molar-refractivity contribution < 1.29 is 0 Å². The molecule has 0 N–H and O–H groups in total. The molecule has 1 heterocycles. The second kappa shape index (κ2) is 4.62. The fraction of sp³-hybridized carbons (Fsp3) is 0.909. The summed E-state index contributed by atoms with van der Waals surface area (Å²) in [6.45, 7) is 7.91. The van der Waals surface area contributed by atoms with Crippen LogP contribution in [0.5, 0.6) is 0 Å². The van der Waals surface area contributed by atoms with Crippen molar-refractivity contribution in [3.8, 4) is 6.07 Å². The molecule has 1 aliphatic rings. The molecule has 0 spiro atoms. The van der Waals surface area contributed by atoms with Gasteiger partial charge in [0.25, 0.3) is 0 Å². The number of nitriles is 1. The van der Waals surface area contributed by atoms with Crippen LogP contribution >= 0.6 is 0 Å². The minimum atomic E-state index is 0.623. The molecule has 0 aromatic heterocycles. The molecule has 1 saturated heterocycles. The van der Waals surface area contributed by atoms with Crippen molar-refractivity contribution in [3.05, 3.63) is 0 Å². The van der Waals surface area contributed by atoms with Crippen LogP contribution in [0.25, 0.3) is 0 Å². The second-order valence-electron chi connectivity index (χ2n) is 4.22. The highest BCUT2D eigenvalue weighted by molar-refractivity contribution is 4.92. The third-order valence-electron chi connectivity index (χ3n) is 3.16. The predicted octanol–water partition coefficient (Wildman–Crippen LogP) is 2.41. The van der Waals surface area contributed by atoms with Gasteiger partial charge < -0.3 is 0 Å². The molecule has 0 bridgehead atoms. The molecule has 1 fully saturated rings. The van der Waals surface area contributed by atoms with Crippen LogP contribution in [0, 0.1) is 17.2 Å². The summed E-state index contributed by atoms with van der Waals surface area (Å²) in [5, 5.41) is 8.70. The third kappa shape index (κ3) is 2.22. The number of nitrogens with zero attached hydrogens (tertiary/aromatic N) is 2. The normalized spacial score (nSPS) is 29.5.